The van der Waals surface area contributed by atoms with Gasteiger partial charge in [-0.25, -0.2) is 0 Å². The summed E-state index contributed by atoms with van der Waals surface area (Å²) in [7, 11) is 3.48. The molecule has 0 saturated carbocycles. The molecule has 0 aliphatic carbocycles. The first kappa shape index (κ1) is 13.9. The van der Waals surface area contributed by atoms with Crippen molar-refractivity contribution in [3.63, 3.8) is 0 Å². The number of anilines is 1. The number of piperidine rings is 1. The normalized spacial score (nSPS) is 16.9. The molecule has 19 heavy (non-hydrogen) atoms. The minimum Gasteiger partial charge on any atom is -0.395 e. The van der Waals surface area contributed by atoms with Crippen molar-refractivity contribution in [2.75, 3.05) is 32.5 Å². The molecule has 1 aliphatic rings. The van der Waals surface area contributed by atoms with Crippen LogP contribution in [0.25, 0.3) is 0 Å². The molecule has 0 aromatic carbocycles. The summed E-state index contributed by atoms with van der Waals surface area (Å²) in [5.74, 6) is 0.538. The first-order valence-corrected chi connectivity index (χ1v) is 6.61. The molecule has 2 heterocycles. The van der Waals surface area contributed by atoms with E-state index in [0.717, 1.165) is 32.5 Å². The summed E-state index contributed by atoms with van der Waals surface area (Å²) in [5, 5.41) is 4.20. The van der Waals surface area contributed by atoms with E-state index < -0.39 is 0 Å². The van der Waals surface area contributed by atoms with Crippen molar-refractivity contribution in [2.24, 2.45) is 13.0 Å². The van der Waals surface area contributed by atoms with E-state index >= 15 is 0 Å². The molecule has 6 heteroatoms. The van der Waals surface area contributed by atoms with Gasteiger partial charge in [0, 0.05) is 33.9 Å². The predicted molar refractivity (Wildman–Crippen MR) is 72.9 cm³/mol. The molecule has 0 unspecified atom stereocenters. The van der Waals surface area contributed by atoms with Crippen LogP contribution in [-0.4, -0.2) is 47.4 Å². The topological polar surface area (TPSA) is 73.4 Å². The summed E-state index contributed by atoms with van der Waals surface area (Å²) in [5.41, 5.74) is 7.64. The Labute approximate surface area is 113 Å². The highest BCUT2D eigenvalue weighted by molar-refractivity contribution is 5.98. The largest absolute Gasteiger partial charge is 0.395 e. The number of carbonyl (C=O) groups is 1. The standard InChI is InChI=1S/C13H22N4O2/c1-9-11(14)12(16(2)15-9)13(18)17-6-4-10(5-7-17)8-19-3/h10H,4-8,14H2,1-3H3. The van der Waals surface area contributed by atoms with Gasteiger partial charge in [0.05, 0.1) is 11.4 Å². The summed E-state index contributed by atoms with van der Waals surface area (Å²) in [6, 6.07) is 0. The predicted octanol–water partition coefficient (Wildman–Crippen LogP) is 0.809. The van der Waals surface area contributed by atoms with Crippen LogP contribution in [0.15, 0.2) is 0 Å². The maximum absolute atomic E-state index is 12.5. The second-order valence-corrected chi connectivity index (χ2v) is 5.16. The molecule has 6 nitrogen and oxygen atoms in total. The lowest BCUT2D eigenvalue weighted by atomic mass is 9.97. The van der Waals surface area contributed by atoms with Gasteiger partial charge in [-0.2, -0.15) is 5.10 Å². The van der Waals surface area contributed by atoms with Crippen LogP contribution < -0.4 is 5.73 Å². The van der Waals surface area contributed by atoms with Crippen LogP contribution in [0, 0.1) is 12.8 Å². The maximum atomic E-state index is 12.5. The number of amides is 1. The minimum atomic E-state index is -0.0172. The Morgan fingerprint density at radius 2 is 2.11 bits per heavy atom. The number of hydrogen-bond donors (Lipinski definition) is 1. The summed E-state index contributed by atoms with van der Waals surface area (Å²) in [6.45, 7) is 4.11. The van der Waals surface area contributed by atoms with E-state index in [1.165, 1.54) is 0 Å². The van der Waals surface area contributed by atoms with Crippen molar-refractivity contribution in [1.82, 2.24) is 14.7 Å². The van der Waals surface area contributed by atoms with Gasteiger partial charge in [0.2, 0.25) is 0 Å². The van der Waals surface area contributed by atoms with Crippen LogP contribution in [0.3, 0.4) is 0 Å². The number of aromatic nitrogens is 2. The number of hydrogen-bond acceptors (Lipinski definition) is 4. The zero-order chi connectivity index (χ0) is 14.0. The molecule has 2 N–H and O–H groups in total. The average Bonchev–Trinajstić information content (AvgIpc) is 2.64. The summed E-state index contributed by atoms with van der Waals surface area (Å²) < 4.78 is 6.74. The second-order valence-electron chi connectivity index (χ2n) is 5.16. The van der Waals surface area contributed by atoms with Gasteiger partial charge >= 0.3 is 0 Å². The number of likely N-dealkylation sites (tertiary alicyclic amines) is 1. The molecule has 1 aromatic heterocycles. The van der Waals surface area contributed by atoms with Gasteiger partial charge in [-0.3, -0.25) is 9.48 Å². The van der Waals surface area contributed by atoms with Crippen LogP contribution >= 0.6 is 0 Å². The van der Waals surface area contributed by atoms with E-state index in [2.05, 4.69) is 5.10 Å². The van der Waals surface area contributed by atoms with E-state index in [4.69, 9.17) is 10.5 Å². The molecule has 0 spiro atoms. The van der Waals surface area contributed by atoms with Crippen LogP contribution in [-0.2, 0) is 11.8 Å². The maximum Gasteiger partial charge on any atom is 0.274 e. The Morgan fingerprint density at radius 1 is 1.47 bits per heavy atom. The van der Waals surface area contributed by atoms with Crippen molar-refractivity contribution in [1.29, 1.82) is 0 Å². The molecule has 1 amide bonds. The summed E-state index contributed by atoms with van der Waals surface area (Å²) in [4.78, 5) is 14.3. The second kappa shape index (κ2) is 5.61. The van der Waals surface area contributed by atoms with E-state index in [0.29, 0.717) is 23.0 Å². The smallest absolute Gasteiger partial charge is 0.274 e. The number of nitrogens with zero attached hydrogens (tertiary/aromatic N) is 3. The summed E-state index contributed by atoms with van der Waals surface area (Å²) >= 11 is 0. The minimum absolute atomic E-state index is 0.0172. The van der Waals surface area contributed by atoms with Gasteiger partial charge < -0.3 is 15.4 Å². The van der Waals surface area contributed by atoms with Crippen LogP contribution in [0.4, 0.5) is 5.69 Å². The lowest BCUT2D eigenvalue weighted by molar-refractivity contribution is 0.0604. The van der Waals surface area contributed by atoms with Gasteiger partial charge in [0.1, 0.15) is 5.69 Å². The number of carbonyl (C=O) groups excluding carboxylic acids is 1. The Balaban J connectivity index is 2.05. The third-order valence-corrected chi connectivity index (χ3v) is 3.78. The number of aryl methyl sites for hydroxylation is 2. The Hall–Kier alpha value is -1.56. The quantitative estimate of drug-likeness (QED) is 0.878. The molecule has 1 saturated heterocycles. The average molecular weight is 266 g/mol. The highest BCUT2D eigenvalue weighted by Crippen LogP contribution is 2.22. The third kappa shape index (κ3) is 2.73. The van der Waals surface area contributed by atoms with E-state index in [9.17, 15) is 4.79 Å². The molecule has 2 rings (SSSR count). The first-order chi connectivity index (χ1) is 9.04. The zero-order valence-electron chi connectivity index (χ0n) is 11.8. The number of nitrogens with two attached hydrogens (primary N) is 1. The van der Waals surface area contributed by atoms with Crippen LogP contribution in [0.5, 0.6) is 0 Å². The van der Waals surface area contributed by atoms with Gasteiger partial charge in [0.15, 0.2) is 0 Å². The lowest BCUT2D eigenvalue weighted by Crippen LogP contribution is -2.40. The van der Waals surface area contributed by atoms with E-state index in [1.54, 1.807) is 18.8 Å². The molecule has 0 radical (unpaired) electrons. The van der Waals surface area contributed by atoms with Crippen LogP contribution in [0.2, 0.25) is 0 Å². The van der Waals surface area contributed by atoms with E-state index in [-0.39, 0.29) is 5.91 Å². The fraction of sp³-hybridized carbons (Fsp3) is 0.692. The summed E-state index contributed by atoms with van der Waals surface area (Å²) in [6.07, 6.45) is 1.96. The van der Waals surface area contributed by atoms with Crippen molar-refractivity contribution in [2.45, 2.75) is 19.8 Å². The fourth-order valence-electron chi connectivity index (χ4n) is 2.62. The van der Waals surface area contributed by atoms with Crippen molar-refractivity contribution < 1.29 is 9.53 Å². The van der Waals surface area contributed by atoms with Gasteiger partial charge in [-0.1, -0.05) is 0 Å². The molecule has 0 bridgehead atoms. The molecule has 1 aliphatic heterocycles. The fourth-order valence-corrected chi connectivity index (χ4v) is 2.62. The monoisotopic (exact) mass is 266 g/mol. The van der Waals surface area contributed by atoms with Crippen molar-refractivity contribution in [3.8, 4) is 0 Å². The van der Waals surface area contributed by atoms with Gasteiger partial charge in [0.25, 0.3) is 5.91 Å². The molecule has 1 fully saturated rings. The number of methoxy groups -OCH3 is 1. The Morgan fingerprint density at radius 3 is 2.58 bits per heavy atom. The number of ether oxygens (including phenoxy) is 1. The lowest BCUT2D eigenvalue weighted by Gasteiger charge is -2.31. The number of nitrogen functional groups attached to an aromatic ring is 1. The Kier molecular flexibility index (Phi) is 4.09. The number of rotatable bonds is 3. The molecule has 1 aromatic rings. The molecule has 106 valence electrons. The highest BCUT2D eigenvalue weighted by Gasteiger charge is 2.27. The van der Waals surface area contributed by atoms with Crippen LogP contribution in [0.1, 0.15) is 29.0 Å². The molecular weight excluding hydrogens is 244 g/mol. The van der Waals surface area contributed by atoms with Gasteiger partial charge in [-0.05, 0) is 25.7 Å². The molecule has 0 atom stereocenters. The van der Waals surface area contributed by atoms with Crippen molar-refractivity contribution in [3.05, 3.63) is 11.4 Å². The zero-order valence-corrected chi connectivity index (χ0v) is 11.8. The first-order valence-electron chi connectivity index (χ1n) is 6.61. The van der Waals surface area contributed by atoms with E-state index in [1.807, 2.05) is 11.8 Å². The highest BCUT2D eigenvalue weighted by atomic mass is 16.5. The third-order valence-electron chi connectivity index (χ3n) is 3.78. The van der Waals surface area contributed by atoms with Crippen molar-refractivity contribution >= 4 is 11.6 Å². The van der Waals surface area contributed by atoms with Gasteiger partial charge in [-0.15, -0.1) is 0 Å². The molecular formula is C13H22N4O2. The Bertz CT molecular complexity index is 461. The SMILES string of the molecule is COCC1CCN(C(=O)c2c(N)c(C)nn2C)CC1.